The lowest BCUT2D eigenvalue weighted by Gasteiger charge is -2.08. The van der Waals surface area contributed by atoms with Gasteiger partial charge in [-0.2, -0.15) is 5.10 Å². The Bertz CT molecular complexity index is 578. The molecule has 0 atom stereocenters. The maximum Gasteiger partial charge on any atom is 0.203 e. The van der Waals surface area contributed by atoms with E-state index in [1.807, 2.05) is 36.6 Å². The Balaban J connectivity index is 1.93. The van der Waals surface area contributed by atoms with Crippen LogP contribution in [-0.2, 0) is 0 Å². The highest BCUT2D eigenvalue weighted by molar-refractivity contribution is 7.13. The highest BCUT2D eigenvalue weighted by Crippen LogP contribution is 2.15. The molecular formula is C15H19N3OS. The Kier molecular flexibility index (Phi) is 5.12. The number of nitrogens with zero attached hydrogens (tertiary/aromatic N) is 2. The van der Waals surface area contributed by atoms with E-state index in [0.29, 0.717) is 5.92 Å². The Morgan fingerprint density at radius 3 is 3.00 bits per heavy atom. The van der Waals surface area contributed by atoms with Crippen LogP contribution in [0.3, 0.4) is 0 Å². The van der Waals surface area contributed by atoms with Gasteiger partial charge in [-0.05, 0) is 30.5 Å². The zero-order chi connectivity index (χ0) is 14.4. The molecular weight excluding hydrogens is 270 g/mol. The van der Waals surface area contributed by atoms with Gasteiger partial charge >= 0.3 is 0 Å². The molecule has 0 saturated carbocycles. The van der Waals surface area contributed by atoms with E-state index in [1.54, 1.807) is 6.21 Å². The predicted octanol–water partition coefficient (Wildman–Crippen LogP) is 3.93. The second-order valence-corrected chi connectivity index (χ2v) is 5.80. The van der Waals surface area contributed by atoms with Gasteiger partial charge in [-0.1, -0.05) is 26.0 Å². The minimum Gasteiger partial charge on any atom is -0.493 e. The van der Waals surface area contributed by atoms with Crippen LogP contribution in [0.4, 0.5) is 5.13 Å². The van der Waals surface area contributed by atoms with Crippen LogP contribution in [0.2, 0.25) is 0 Å². The van der Waals surface area contributed by atoms with Gasteiger partial charge in [-0.15, -0.1) is 11.3 Å². The molecule has 2 rings (SSSR count). The van der Waals surface area contributed by atoms with Crippen molar-refractivity contribution >= 4 is 22.7 Å². The summed E-state index contributed by atoms with van der Waals surface area (Å²) in [5.41, 5.74) is 4.91. The molecule has 1 aromatic heterocycles. The Hall–Kier alpha value is -1.88. The monoisotopic (exact) mass is 289 g/mol. The van der Waals surface area contributed by atoms with Crippen molar-refractivity contribution in [1.29, 1.82) is 0 Å². The smallest absolute Gasteiger partial charge is 0.203 e. The van der Waals surface area contributed by atoms with Crippen molar-refractivity contribution in [3.63, 3.8) is 0 Å². The van der Waals surface area contributed by atoms with Crippen LogP contribution in [0, 0.1) is 12.8 Å². The van der Waals surface area contributed by atoms with Crippen molar-refractivity contribution in [3.05, 3.63) is 40.9 Å². The van der Waals surface area contributed by atoms with Gasteiger partial charge in [0.2, 0.25) is 5.13 Å². The molecule has 0 amide bonds. The van der Waals surface area contributed by atoms with Crippen LogP contribution in [0.25, 0.3) is 0 Å². The van der Waals surface area contributed by atoms with E-state index in [1.165, 1.54) is 11.3 Å². The molecule has 4 nitrogen and oxygen atoms in total. The summed E-state index contributed by atoms with van der Waals surface area (Å²) < 4.78 is 5.68. The fourth-order valence-corrected chi connectivity index (χ4v) is 2.15. The van der Waals surface area contributed by atoms with Crippen LogP contribution in [0.5, 0.6) is 5.75 Å². The van der Waals surface area contributed by atoms with Crippen LogP contribution >= 0.6 is 11.3 Å². The summed E-state index contributed by atoms with van der Waals surface area (Å²) in [5.74, 6) is 1.38. The third-order valence-corrected chi connectivity index (χ3v) is 3.30. The first-order valence-corrected chi connectivity index (χ1v) is 7.45. The summed E-state index contributed by atoms with van der Waals surface area (Å²) in [6.45, 7) is 6.94. The predicted molar refractivity (Wildman–Crippen MR) is 84.8 cm³/mol. The number of aromatic nitrogens is 1. The molecule has 1 aromatic carbocycles. The SMILES string of the molecule is Cc1csc(NN=Cc2cccc(OCC(C)C)c2)n1. The summed E-state index contributed by atoms with van der Waals surface area (Å²) in [7, 11) is 0. The summed E-state index contributed by atoms with van der Waals surface area (Å²) in [6.07, 6.45) is 1.76. The molecule has 1 N–H and O–H groups in total. The van der Waals surface area contributed by atoms with Crippen molar-refractivity contribution in [2.75, 3.05) is 12.0 Å². The molecule has 2 aromatic rings. The Labute approximate surface area is 123 Å². The molecule has 1 heterocycles. The van der Waals surface area contributed by atoms with Crippen LogP contribution < -0.4 is 10.2 Å². The topological polar surface area (TPSA) is 46.5 Å². The third-order valence-electron chi connectivity index (χ3n) is 2.43. The fourth-order valence-electron chi connectivity index (χ4n) is 1.51. The van der Waals surface area contributed by atoms with Crippen LogP contribution in [0.1, 0.15) is 25.1 Å². The van der Waals surface area contributed by atoms with Crippen molar-refractivity contribution in [2.45, 2.75) is 20.8 Å². The quantitative estimate of drug-likeness (QED) is 0.647. The minimum absolute atomic E-state index is 0.516. The normalized spacial score (nSPS) is 11.2. The second-order valence-electron chi connectivity index (χ2n) is 4.94. The van der Waals surface area contributed by atoms with E-state index in [9.17, 15) is 0 Å². The number of nitrogens with one attached hydrogen (secondary N) is 1. The molecule has 5 heteroatoms. The number of hydrogen-bond acceptors (Lipinski definition) is 5. The van der Waals surface area contributed by atoms with E-state index < -0.39 is 0 Å². The number of thiazole rings is 1. The zero-order valence-corrected chi connectivity index (χ0v) is 12.8. The van der Waals surface area contributed by atoms with Gasteiger partial charge in [0.1, 0.15) is 5.75 Å². The number of benzene rings is 1. The summed E-state index contributed by atoms with van der Waals surface area (Å²) in [5, 5.41) is 6.96. The maximum absolute atomic E-state index is 5.68. The average Bonchev–Trinajstić information content (AvgIpc) is 2.83. The van der Waals surface area contributed by atoms with Gasteiger partial charge in [0.25, 0.3) is 0 Å². The van der Waals surface area contributed by atoms with Gasteiger partial charge in [-0.25, -0.2) is 4.98 Å². The Morgan fingerprint density at radius 1 is 1.45 bits per heavy atom. The highest BCUT2D eigenvalue weighted by atomic mass is 32.1. The number of ether oxygens (including phenoxy) is 1. The number of anilines is 1. The molecule has 0 unspecified atom stereocenters. The van der Waals surface area contributed by atoms with E-state index >= 15 is 0 Å². The lowest BCUT2D eigenvalue weighted by atomic mass is 10.2. The van der Waals surface area contributed by atoms with Gasteiger partial charge in [-0.3, -0.25) is 5.43 Å². The molecule has 0 aliphatic heterocycles. The van der Waals surface area contributed by atoms with Crippen molar-refractivity contribution in [2.24, 2.45) is 11.0 Å². The molecule has 106 valence electrons. The molecule has 0 aliphatic rings. The van der Waals surface area contributed by atoms with Gasteiger partial charge < -0.3 is 4.74 Å². The first kappa shape index (κ1) is 14.5. The van der Waals surface area contributed by atoms with E-state index in [4.69, 9.17) is 4.74 Å². The standard InChI is InChI=1S/C15H19N3OS/c1-11(2)9-19-14-6-4-5-13(7-14)8-16-18-15-17-12(3)10-20-15/h4-8,10-11H,9H2,1-3H3,(H,17,18). The third kappa shape index (κ3) is 4.66. The van der Waals surface area contributed by atoms with E-state index in [2.05, 4.69) is 29.4 Å². The number of aryl methyl sites for hydroxylation is 1. The first-order valence-electron chi connectivity index (χ1n) is 6.57. The molecule has 0 radical (unpaired) electrons. The summed E-state index contributed by atoms with van der Waals surface area (Å²) in [4.78, 5) is 4.28. The van der Waals surface area contributed by atoms with Crippen molar-refractivity contribution in [3.8, 4) is 5.75 Å². The average molecular weight is 289 g/mol. The zero-order valence-electron chi connectivity index (χ0n) is 12.0. The van der Waals surface area contributed by atoms with Crippen molar-refractivity contribution < 1.29 is 4.74 Å². The van der Waals surface area contributed by atoms with Crippen LogP contribution in [0.15, 0.2) is 34.7 Å². The number of hydrogen-bond donors (Lipinski definition) is 1. The largest absolute Gasteiger partial charge is 0.493 e. The Morgan fingerprint density at radius 2 is 2.30 bits per heavy atom. The molecule has 0 spiro atoms. The highest BCUT2D eigenvalue weighted by Gasteiger charge is 1.98. The lowest BCUT2D eigenvalue weighted by Crippen LogP contribution is -2.04. The number of hydrazone groups is 1. The minimum atomic E-state index is 0.516. The van der Waals surface area contributed by atoms with Crippen LogP contribution in [-0.4, -0.2) is 17.8 Å². The van der Waals surface area contributed by atoms with Gasteiger partial charge in [0.05, 0.1) is 18.5 Å². The lowest BCUT2D eigenvalue weighted by molar-refractivity contribution is 0.271. The molecule has 0 fully saturated rings. The number of rotatable bonds is 6. The van der Waals surface area contributed by atoms with E-state index in [-0.39, 0.29) is 0 Å². The maximum atomic E-state index is 5.68. The first-order chi connectivity index (χ1) is 9.63. The van der Waals surface area contributed by atoms with Gasteiger partial charge in [0, 0.05) is 5.38 Å². The van der Waals surface area contributed by atoms with E-state index in [0.717, 1.165) is 28.7 Å². The summed E-state index contributed by atoms with van der Waals surface area (Å²) >= 11 is 1.54. The van der Waals surface area contributed by atoms with Crippen molar-refractivity contribution in [1.82, 2.24) is 4.98 Å². The molecule has 0 saturated heterocycles. The fraction of sp³-hybridized carbons (Fsp3) is 0.333. The summed E-state index contributed by atoms with van der Waals surface area (Å²) in [6, 6.07) is 7.88. The molecule has 0 bridgehead atoms. The molecule has 20 heavy (non-hydrogen) atoms. The molecule has 0 aliphatic carbocycles. The van der Waals surface area contributed by atoms with Gasteiger partial charge in [0.15, 0.2) is 0 Å². The second kappa shape index (κ2) is 7.05.